The van der Waals surface area contributed by atoms with Gasteiger partial charge in [0.2, 0.25) is 15.9 Å². The number of carboxylic acids is 1. The number of carboxylic acid groups (broad SMARTS) is 1. The number of rotatable bonds is 8. The molecule has 2 aliphatic rings. The molecule has 0 atom stereocenters. The fraction of sp³-hybridized carbons (Fsp3) is 0.556. The molecule has 1 saturated carbocycles. The summed E-state index contributed by atoms with van der Waals surface area (Å²) in [4.78, 5) is 23.3. The van der Waals surface area contributed by atoms with E-state index in [2.05, 4.69) is 5.32 Å². The number of aryl methyl sites for hydroxylation is 1. The van der Waals surface area contributed by atoms with Gasteiger partial charge in [0.15, 0.2) is 0 Å². The quantitative estimate of drug-likeness (QED) is 0.709. The Balaban J connectivity index is 1.50. The minimum atomic E-state index is -3.41. The monoisotopic (exact) mass is 380 g/mol. The molecule has 2 fully saturated rings. The lowest BCUT2D eigenvalue weighted by molar-refractivity contribution is -0.143. The van der Waals surface area contributed by atoms with E-state index in [1.165, 1.54) is 4.31 Å². The Hall–Kier alpha value is -1.93. The molecule has 0 spiro atoms. The molecule has 1 aliphatic heterocycles. The highest BCUT2D eigenvalue weighted by atomic mass is 32.2. The van der Waals surface area contributed by atoms with Gasteiger partial charge in [-0.15, -0.1) is 0 Å². The van der Waals surface area contributed by atoms with Crippen molar-refractivity contribution in [1.29, 1.82) is 0 Å². The number of aliphatic carboxylic acids is 1. The second-order valence-corrected chi connectivity index (χ2v) is 9.06. The molecule has 0 radical (unpaired) electrons. The first-order chi connectivity index (χ1) is 12.3. The Morgan fingerprint density at radius 1 is 1.12 bits per heavy atom. The fourth-order valence-corrected chi connectivity index (χ4v) is 4.65. The molecule has 1 aliphatic carbocycles. The third kappa shape index (κ3) is 4.07. The van der Waals surface area contributed by atoms with Crippen LogP contribution < -0.4 is 5.32 Å². The lowest BCUT2D eigenvalue weighted by Gasteiger charge is -2.15. The van der Waals surface area contributed by atoms with E-state index >= 15 is 0 Å². The van der Waals surface area contributed by atoms with Crippen LogP contribution in [0.15, 0.2) is 29.2 Å². The van der Waals surface area contributed by atoms with E-state index in [4.69, 9.17) is 5.11 Å². The Morgan fingerprint density at radius 3 is 2.27 bits per heavy atom. The molecular weight excluding hydrogens is 356 g/mol. The van der Waals surface area contributed by atoms with Gasteiger partial charge < -0.3 is 10.4 Å². The van der Waals surface area contributed by atoms with Crippen molar-refractivity contribution in [2.45, 2.75) is 43.4 Å². The molecule has 8 heteroatoms. The van der Waals surface area contributed by atoms with Crippen LogP contribution in [0.3, 0.4) is 0 Å². The number of carbonyl (C=O) groups is 2. The van der Waals surface area contributed by atoms with Crippen molar-refractivity contribution in [3.05, 3.63) is 29.8 Å². The van der Waals surface area contributed by atoms with Gasteiger partial charge >= 0.3 is 5.97 Å². The predicted molar refractivity (Wildman–Crippen MR) is 95.1 cm³/mol. The second kappa shape index (κ2) is 7.36. The summed E-state index contributed by atoms with van der Waals surface area (Å²) < 4.78 is 26.4. The van der Waals surface area contributed by atoms with Crippen LogP contribution in [0.4, 0.5) is 0 Å². The van der Waals surface area contributed by atoms with E-state index in [0.717, 1.165) is 18.4 Å². The zero-order chi connectivity index (χ0) is 18.8. The molecule has 1 aromatic rings. The molecule has 3 rings (SSSR count). The van der Waals surface area contributed by atoms with Crippen LogP contribution in [0, 0.1) is 5.41 Å². The highest BCUT2D eigenvalue weighted by molar-refractivity contribution is 7.89. The molecule has 0 unspecified atom stereocenters. The van der Waals surface area contributed by atoms with Gasteiger partial charge in [0.05, 0.1) is 10.3 Å². The maximum atomic E-state index is 12.5. The van der Waals surface area contributed by atoms with Crippen LogP contribution in [-0.4, -0.2) is 49.3 Å². The van der Waals surface area contributed by atoms with Crippen LogP contribution in [0.25, 0.3) is 0 Å². The molecule has 26 heavy (non-hydrogen) atoms. The standard InChI is InChI=1S/C18H24N2O5S/c21-16(19-13-18(9-10-18)17(22)23)8-5-14-3-6-15(7-4-14)26(24,25)20-11-1-2-12-20/h3-4,6-7H,1-2,5,8-13H2,(H,19,21)(H,22,23). The van der Waals surface area contributed by atoms with E-state index in [1.807, 2.05) is 0 Å². The molecule has 1 saturated heterocycles. The minimum absolute atomic E-state index is 0.175. The molecular formula is C18H24N2O5S. The number of benzene rings is 1. The summed E-state index contributed by atoms with van der Waals surface area (Å²) in [5.74, 6) is -1.04. The maximum Gasteiger partial charge on any atom is 0.311 e. The Bertz CT molecular complexity index is 778. The number of hydrogen-bond donors (Lipinski definition) is 2. The largest absolute Gasteiger partial charge is 0.481 e. The summed E-state index contributed by atoms with van der Waals surface area (Å²) >= 11 is 0. The third-order valence-electron chi connectivity index (χ3n) is 5.20. The summed E-state index contributed by atoms with van der Waals surface area (Å²) in [7, 11) is -3.41. The molecule has 1 heterocycles. The third-order valence-corrected chi connectivity index (χ3v) is 7.11. The summed E-state index contributed by atoms with van der Waals surface area (Å²) in [6.45, 7) is 1.32. The minimum Gasteiger partial charge on any atom is -0.481 e. The van der Waals surface area contributed by atoms with Crippen LogP contribution in [-0.2, 0) is 26.0 Å². The van der Waals surface area contributed by atoms with Gasteiger partial charge in [0.1, 0.15) is 0 Å². The molecule has 0 aromatic heterocycles. The summed E-state index contributed by atoms with van der Waals surface area (Å²) in [6.07, 6.45) is 3.74. The SMILES string of the molecule is O=C(CCc1ccc(S(=O)(=O)N2CCCC2)cc1)NCC1(C(=O)O)CC1. The van der Waals surface area contributed by atoms with E-state index in [1.54, 1.807) is 24.3 Å². The van der Waals surface area contributed by atoms with E-state index in [9.17, 15) is 18.0 Å². The van der Waals surface area contributed by atoms with Crippen molar-refractivity contribution in [2.75, 3.05) is 19.6 Å². The average Bonchev–Trinajstić information content (AvgIpc) is 3.21. The first-order valence-electron chi connectivity index (χ1n) is 8.93. The second-order valence-electron chi connectivity index (χ2n) is 7.12. The van der Waals surface area contributed by atoms with Gasteiger partial charge in [-0.2, -0.15) is 4.31 Å². The smallest absolute Gasteiger partial charge is 0.311 e. The Morgan fingerprint density at radius 2 is 1.73 bits per heavy atom. The average molecular weight is 380 g/mol. The number of nitrogens with one attached hydrogen (secondary N) is 1. The Labute approximate surface area is 153 Å². The predicted octanol–water partition coefficient (Wildman–Crippen LogP) is 1.38. The maximum absolute atomic E-state index is 12.5. The lowest BCUT2D eigenvalue weighted by Crippen LogP contribution is -2.34. The number of carbonyl (C=O) groups excluding carboxylic acids is 1. The highest BCUT2D eigenvalue weighted by Gasteiger charge is 2.50. The van der Waals surface area contributed by atoms with E-state index < -0.39 is 21.4 Å². The first kappa shape index (κ1) is 18.8. The van der Waals surface area contributed by atoms with Gasteiger partial charge in [-0.1, -0.05) is 12.1 Å². The first-order valence-corrected chi connectivity index (χ1v) is 10.4. The zero-order valence-electron chi connectivity index (χ0n) is 14.6. The molecule has 1 aromatic carbocycles. The van der Waals surface area contributed by atoms with Crippen molar-refractivity contribution in [3.8, 4) is 0 Å². The molecule has 142 valence electrons. The van der Waals surface area contributed by atoms with Crippen LogP contribution in [0.5, 0.6) is 0 Å². The van der Waals surface area contributed by atoms with Crippen molar-refractivity contribution < 1.29 is 23.1 Å². The molecule has 2 N–H and O–H groups in total. The fourth-order valence-electron chi connectivity index (χ4n) is 3.14. The number of hydrogen-bond acceptors (Lipinski definition) is 4. The van der Waals surface area contributed by atoms with E-state index in [-0.39, 0.29) is 23.8 Å². The summed E-state index contributed by atoms with van der Waals surface area (Å²) in [6, 6.07) is 6.64. The van der Waals surface area contributed by atoms with Crippen LogP contribution in [0.1, 0.15) is 37.7 Å². The van der Waals surface area contributed by atoms with Crippen molar-refractivity contribution >= 4 is 21.9 Å². The van der Waals surface area contributed by atoms with Gasteiger partial charge in [-0.25, -0.2) is 8.42 Å². The highest BCUT2D eigenvalue weighted by Crippen LogP contribution is 2.45. The summed E-state index contributed by atoms with van der Waals surface area (Å²) in [5, 5.41) is 11.8. The topological polar surface area (TPSA) is 104 Å². The normalized spacial score (nSPS) is 19.2. The lowest BCUT2D eigenvalue weighted by atomic mass is 10.1. The van der Waals surface area contributed by atoms with Crippen molar-refractivity contribution in [1.82, 2.24) is 9.62 Å². The van der Waals surface area contributed by atoms with Crippen molar-refractivity contribution in [2.24, 2.45) is 5.41 Å². The van der Waals surface area contributed by atoms with E-state index in [0.29, 0.717) is 32.4 Å². The van der Waals surface area contributed by atoms with Crippen LogP contribution >= 0.6 is 0 Å². The van der Waals surface area contributed by atoms with Crippen molar-refractivity contribution in [3.63, 3.8) is 0 Å². The van der Waals surface area contributed by atoms with Gasteiger partial charge in [0, 0.05) is 26.1 Å². The zero-order valence-corrected chi connectivity index (χ0v) is 15.4. The van der Waals surface area contributed by atoms with Gasteiger partial charge in [-0.05, 0) is 49.8 Å². The summed E-state index contributed by atoms with van der Waals surface area (Å²) in [5.41, 5.74) is 0.112. The number of sulfonamides is 1. The molecule has 7 nitrogen and oxygen atoms in total. The number of amides is 1. The molecule has 1 amide bonds. The van der Waals surface area contributed by atoms with Crippen LogP contribution in [0.2, 0.25) is 0 Å². The van der Waals surface area contributed by atoms with Gasteiger partial charge in [0.25, 0.3) is 0 Å². The Kier molecular flexibility index (Phi) is 5.34. The number of nitrogens with zero attached hydrogens (tertiary/aromatic N) is 1. The molecule has 0 bridgehead atoms. The van der Waals surface area contributed by atoms with Gasteiger partial charge in [-0.3, -0.25) is 9.59 Å².